The van der Waals surface area contributed by atoms with Crippen molar-refractivity contribution in [3.63, 3.8) is 0 Å². The van der Waals surface area contributed by atoms with E-state index in [1.165, 1.54) is 0 Å². The van der Waals surface area contributed by atoms with Crippen molar-refractivity contribution in [1.82, 2.24) is 20.3 Å². The van der Waals surface area contributed by atoms with Crippen molar-refractivity contribution in [2.75, 3.05) is 39.8 Å². The molecule has 0 spiro atoms. The minimum absolute atomic E-state index is 0. The fourth-order valence-corrected chi connectivity index (χ4v) is 3.76. The lowest BCUT2D eigenvalue weighted by molar-refractivity contribution is 0.292. The summed E-state index contributed by atoms with van der Waals surface area (Å²) in [4.78, 5) is 6.89. The van der Waals surface area contributed by atoms with Crippen LogP contribution in [0.4, 0.5) is 0 Å². The topological polar surface area (TPSA) is 85.8 Å². The van der Waals surface area contributed by atoms with Gasteiger partial charge in [-0.25, -0.2) is 13.1 Å². The second-order valence-electron chi connectivity index (χ2n) is 6.42. The van der Waals surface area contributed by atoms with Crippen molar-refractivity contribution in [3.8, 4) is 0 Å². The fourth-order valence-electron chi connectivity index (χ4n) is 2.71. The molecular formula is C19H36IN5O2S. The van der Waals surface area contributed by atoms with Crippen LogP contribution in [0.3, 0.4) is 0 Å². The summed E-state index contributed by atoms with van der Waals surface area (Å²) in [5.41, 5.74) is 0. The number of aliphatic imine (C=N–C) groups is 1. The van der Waals surface area contributed by atoms with Crippen LogP contribution < -0.4 is 15.4 Å². The molecule has 1 atom stereocenters. The van der Waals surface area contributed by atoms with E-state index in [1.54, 1.807) is 37.4 Å². The van der Waals surface area contributed by atoms with E-state index < -0.39 is 10.0 Å². The van der Waals surface area contributed by atoms with E-state index in [-0.39, 0.29) is 35.4 Å². The highest BCUT2D eigenvalue weighted by atomic mass is 127. The average Bonchev–Trinajstić information content (AvgIpc) is 2.68. The molecule has 0 aliphatic heterocycles. The lowest BCUT2D eigenvalue weighted by Crippen LogP contribution is -2.45. The summed E-state index contributed by atoms with van der Waals surface area (Å²) in [6.07, 6.45) is 2.18. The molecule has 3 N–H and O–H groups in total. The number of nitrogens with zero attached hydrogens (tertiary/aromatic N) is 2. The van der Waals surface area contributed by atoms with Crippen molar-refractivity contribution in [3.05, 3.63) is 30.3 Å². The molecule has 28 heavy (non-hydrogen) atoms. The number of halogens is 1. The molecule has 0 saturated heterocycles. The first-order chi connectivity index (χ1) is 12.9. The Hall–Kier alpha value is -0.910. The second-order valence-corrected chi connectivity index (χ2v) is 8.19. The van der Waals surface area contributed by atoms with Crippen molar-refractivity contribution in [2.24, 2.45) is 4.99 Å². The molecule has 1 rings (SSSR count). The predicted molar refractivity (Wildman–Crippen MR) is 128 cm³/mol. The lowest BCUT2D eigenvalue weighted by Gasteiger charge is -2.21. The molecule has 0 bridgehead atoms. The Bertz CT molecular complexity index is 652. The van der Waals surface area contributed by atoms with E-state index in [0.29, 0.717) is 18.5 Å². The molecule has 1 aromatic carbocycles. The zero-order valence-electron chi connectivity index (χ0n) is 17.4. The molecule has 0 saturated carbocycles. The molecular weight excluding hydrogens is 489 g/mol. The number of nitrogens with one attached hydrogen (secondary N) is 3. The summed E-state index contributed by atoms with van der Waals surface area (Å²) in [6.45, 7) is 10.5. The Morgan fingerprint density at radius 3 is 2.36 bits per heavy atom. The molecule has 1 unspecified atom stereocenters. The summed E-state index contributed by atoms with van der Waals surface area (Å²) >= 11 is 0. The summed E-state index contributed by atoms with van der Waals surface area (Å²) in [7, 11) is -1.75. The first-order valence-corrected chi connectivity index (χ1v) is 11.2. The van der Waals surface area contributed by atoms with Crippen molar-refractivity contribution >= 4 is 40.0 Å². The van der Waals surface area contributed by atoms with Crippen LogP contribution in [0.5, 0.6) is 0 Å². The monoisotopic (exact) mass is 525 g/mol. The highest BCUT2D eigenvalue weighted by Gasteiger charge is 2.12. The Kier molecular flexibility index (Phi) is 14.5. The highest BCUT2D eigenvalue weighted by molar-refractivity contribution is 14.0. The van der Waals surface area contributed by atoms with Crippen LogP contribution in [0.15, 0.2) is 40.2 Å². The molecule has 0 fully saturated rings. The summed E-state index contributed by atoms with van der Waals surface area (Å²) in [5.74, 6) is 0.684. The van der Waals surface area contributed by atoms with Crippen LogP contribution in [0.1, 0.15) is 33.6 Å². The first-order valence-electron chi connectivity index (χ1n) is 9.67. The summed E-state index contributed by atoms with van der Waals surface area (Å²) in [6, 6.07) is 8.67. The Balaban J connectivity index is 0.00000729. The zero-order valence-corrected chi connectivity index (χ0v) is 20.6. The zero-order chi connectivity index (χ0) is 20.1. The van der Waals surface area contributed by atoms with E-state index in [9.17, 15) is 8.42 Å². The number of benzene rings is 1. The van der Waals surface area contributed by atoms with Gasteiger partial charge in [-0.2, -0.15) is 0 Å². The maximum atomic E-state index is 12.2. The normalized spacial score (nSPS) is 13.1. The molecule has 1 aromatic rings. The van der Waals surface area contributed by atoms with E-state index in [0.717, 1.165) is 32.5 Å². The van der Waals surface area contributed by atoms with Crippen molar-refractivity contribution in [2.45, 2.75) is 44.6 Å². The van der Waals surface area contributed by atoms with Gasteiger partial charge in [-0.1, -0.05) is 32.0 Å². The number of hydrogen-bond donors (Lipinski definition) is 3. The average molecular weight is 526 g/mol. The van der Waals surface area contributed by atoms with Crippen LogP contribution in [0.2, 0.25) is 0 Å². The van der Waals surface area contributed by atoms with Crippen molar-refractivity contribution < 1.29 is 8.42 Å². The number of hydrogen-bond acceptors (Lipinski definition) is 4. The van der Waals surface area contributed by atoms with Gasteiger partial charge in [0.05, 0.1) is 4.90 Å². The van der Waals surface area contributed by atoms with Crippen LogP contribution in [-0.2, 0) is 10.0 Å². The van der Waals surface area contributed by atoms with Gasteiger partial charge in [0.15, 0.2) is 5.96 Å². The molecule has 0 heterocycles. The SMILES string of the molecule is CCN(CC)CCCC(C)NC(=NC)NCCNS(=O)(=O)c1ccccc1.I. The van der Waals surface area contributed by atoms with Gasteiger partial charge in [0.1, 0.15) is 0 Å². The third kappa shape index (κ3) is 10.6. The van der Waals surface area contributed by atoms with Gasteiger partial charge in [0, 0.05) is 26.2 Å². The maximum absolute atomic E-state index is 12.2. The molecule has 0 radical (unpaired) electrons. The van der Waals surface area contributed by atoms with E-state index >= 15 is 0 Å². The molecule has 0 aliphatic carbocycles. The van der Waals surface area contributed by atoms with Crippen LogP contribution in [0.25, 0.3) is 0 Å². The quantitative estimate of drug-likeness (QED) is 0.169. The molecule has 9 heteroatoms. The largest absolute Gasteiger partial charge is 0.355 e. The Morgan fingerprint density at radius 1 is 1.14 bits per heavy atom. The van der Waals surface area contributed by atoms with E-state index in [1.807, 2.05) is 0 Å². The number of rotatable bonds is 12. The van der Waals surface area contributed by atoms with Crippen LogP contribution in [-0.4, -0.2) is 65.1 Å². The highest BCUT2D eigenvalue weighted by Crippen LogP contribution is 2.06. The Labute approximate surface area is 187 Å². The summed E-state index contributed by atoms with van der Waals surface area (Å²) in [5, 5.41) is 6.50. The van der Waals surface area contributed by atoms with Gasteiger partial charge < -0.3 is 15.5 Å². The van der Waals surface area contributed by atoms with Crippen LogP contribution in [0, 0.1) is 0 Å². The van der Waals surface area contributed by atoms with Gasteiger partial charge in [0.25, 0.3) is 0 Å². The van der Waals surface area contributed by atoms with Gasteiger partial charge in [0.2, 0.25) is 10.0 Å². The fraction of sp³-hybridized carbons (Fsp3) is 0.632. The minimum Gasteiger partial charge on any atom is -0.355 e. The second kappa shape index (κ2) is 15.0. The molecule has 0 aliphatic rings. The molecule has 0 amide bonds. The minimum atomic E-state index is -3.47. The van der Waals surface area contributed by atoms with Gasteiger partial charge in [-0.15, -0.1) is 24.0 Å². The van der Waals surface area contributed by atoms with Gasteiger partial charge in [-0.05, 0) is 51.5 Å². The molecule has 162 valence electrons. The third-order valence-electron chi connectivity index (χ3n) is 4.38. The lowest BCUT2D eigenvalue weighted by atomic mass is 10.2. The van der Waals surface area contributed by atoms with E-state index in [2.05, 4.69) is 46.0 Å². The van der Waals surface area contributed by atoms with Gasteiger partial charge in [-0.3, -0.25) is 4.99 Å². The van der Waals surface area contributed by atoms with Crippen molar-refractivity contribution in [1.29, 1.82) is 0 Å². The first kappa shape index (κ1) is 27.1. The Morgan fingerprint density at radius 2 is 1.79 bits per heavy atom. The number of guanidine groups is 1. The van der Waals surface area contributed by atoms with Gasteiger partial charge >= 0.3 is 0 Å². The van der Waals surface area contributed by atoms with E-state index in [4.69, 9.17) is 0 Å². The predicted octanol–water partition coefficient (Wildman–Crippen LogP) is 2.26. The third-order valence-corrected chi connectivity index (χ3v) is 5.85. The van der Waals surface area contributed by atoms with Crippen LogP contribution >= 0.6 is 24.0 Å². The standard InChI is InChI=1S/C19H35N5O2S.HI/c1-5-24(6-2)16-10-11-17(3)23-19(20-4)21-14-15-22-27(25,26)18-12-8-7-9-13-18;/h7-9,12-13,17,22H,5-6,10-11,14-16H2,1-4H3,(H2,20,21,23);1H. The maximum Gasteiger partial charge on any atom is 0.240 e. The molecule has 7 nitrogen and oxygen atoms in total. The molecule has 0 aromatic heterocycles. The summed E-state index contributed by atoms with van der Waals surface area (Å²) < 4.78 is 26.9. The smallest absolute Gasteiger partial charge is 0.240 e. The number of sulfonamides is 1.